The fraction of sp³-hybridized carbons (Fsp3) is 0.353. The molecule has 0 spiro atoms. The lowest BCUT2D eigenvalue weighted by Crippen LogP contribution is -2.39. The van der Waals surface area contributed by atoms with Crippen LogP contribution in [-0.2, 0) is 11.2 Å². The van der Waals surface area contributed by atoms with Crippen LogP contribution in [0.5, 0.6) is 0 Å². The van der Waals surface area contributed by atoms with Gasteiger partial charge in [-0.05, 0) is 55.0 Å². The Kier molecular flexibility index (Phi) is 4.08. The number of thiophene rings is 1. The molecule has 1 amide bonds. The first-order valence-electron chi connectivity index (χ1n) is 7.30. The van der Waals surface area contributed by atoms with E-state index in [9.17, 15) is 4.79 Å². The number of carbonyl (C=O) groups is 1. The quantitative estimate of drug-likeness (QED) is 0.939. The predicted octanol–water partition coefficient (Wildman–Crippen LogP) is 3.61. The number of anilines is 1. The number of hydrogen-bond donors (Lipinski definition) is 1. The average molecular weight is 300 g/mol. The summed E-state index contributed by atoms with van der Waals surface area (Å²) in [5.74, 6) is 0.0612. The minimum absolute atomic E-state index is 0.0612. The number of hydrogen-bond acceptors (Lipinski definition) is 3. The van der Waals surface area contributed by atoms with Gasteiger partial charge in [0.05, 0.1) is 6.54 Å². The SMILES string of the molecule is Cc1cccc(NC(=O)CN2CCc3sccc3[C@@H]2C)c1. The van der Waals surface area contributed by atoms with E-state index in [0.717, 1.165) is 24.2 Å². The van der Waals surface area contributed by atoms with Crippen molar-refractivity contribution in [2.75, 3.05) is 18.4 Å². The normalized spacial score (nSPS) is 18.3. The molecule has 110 valence electrons. The van der Waals surface area contributed by atoms with Crippen molar-refractivity contribution in [2.45, 2.75) is 26.3 Å². The van der Waals surface area contributed by atoms with E-state index >= 15 is 0 Å². The Bertz CT molecular complexity index is 650. The maximum absolute atomic E-state index is 12.2. The summed E-state index contributed by atoms with van der Waals surface area (Å²) >= 11 is 1.83. The molecule has 0 unspecified atom stereocenters. The van der Waals surface area contributed by atoms with Gasteiger partial charge in [0.2, 0.25) is 5.91 Å². The van der Waals surface area contributed by atoms with Gasteiger partial charge in [0.25, 0.3) is 0 Å². The van der Waals surface area contributed by atoms with Gasteiger partial charge in [-0.15, -0.1) is 11.3 Å². The molecule has 0 saturated heterocycles. The molecule has 1 aromatic heterocycles. The van der Waals surface area contributed by atoms with Crippen molar-refractivity contribution in [1.29, 1.82) is 0 Å². The number of nitrogens with zero attached hydrogens (tertiary/aromatic N) is 1. The summed E-state index contributed by atoms with van der Waals surface area (Å²) in [4.78, 5) is 16.0. The van der Waals surface area contributed by atoms with E-state index in [1.54, 1.807) is 0 Å². The minimum atomic E-state index is 0.0612. The van der Waals surface area contributed by atoms with E-state index in [1.165, 1.54) is 10.4 Å². The van der Waals surface area contributed by atoms with Crippen LogP contribution in [0.15, 0.2) is 35.7 Å². The number of rotatable bonds is 3. The molecule has 1 aliphatic heterocycles. The molecule has 1 aromatic carbocycles. The molecule has 1 atom stereocenters. The molecule has 1 N–H and O–H groups in total. The van der Waals surface area contributed by atoms with Gasteiger partial charge in [0.1, 0.15) is 0 Å². The zero-order chi connectivity index (χ0) is 14.8. The predicted molar refractivity (Wildman–Crippen MR) is 87.8 cm³/mol. The summed E-state index contributed by atoms with van der Waals surface area (Å²) in [5, 5.41) is 5.14. The van der Waals surface area contributed by atoms with Crippen LogP contribution in [0.2, 0.25) is 0 Å². The van der Waals surface area contributed by atoms with E-state index in [4.69, 9.17) is 0 Å². The number of amides is 1. The Labute approximate surface area is 129 Å². The average Bonchev–Trinajstić information content (AvgIpc) is 2.91. The highest BCUT2D eigenvalue weighted by Crippen LogP contribution is 2.32. The molecule has 1 aliphatic rings. The van der Waals surface area contributed by atoms with E-state index in [2.05, 4.69) is 28.6 Å². The summed E-state index contributed by atoms with van der Waals surface area (Å²) in [6, 6.07) is 10.4. The van der Waals surface area contributed by atoms with Gasteiger partial charge in [-0.2, -0.15) is 0 Å². The molecule has 21 heavy (non-hydrogen) atoms. The summed E-state index contributed by atoms with van der Waals surface area (Å²) < 4.78 is 0. The molecule has 3 nitrogen and oxygen atoms in total. The molecule has 3 rings (SSSR count). The molecule has 2 heterocycles. The second-order valence-electron chi connectivity index (χ2n) is 5.61. The molecule has 0 aliphatic carbocycles. The lowest BCUT2D eigenvalue weighted by molar-refractivity contribution is -0.117. The molecular formula is C17H20N2OS. The highest BCUT2D eigenvalue weighted by molar-refractivity contribution is 7.10. The zero-order valence-electron chi connectivity index (χ0n) is 12.4. The molecular weight excluding hydrogens is 280 g/mol. The molecule has 0 radical (unpaired) electrons. The largest absolute Gasteiger partial charge is 0.325 e. The number of carbonyl (C=O) groups excluding carboxylic acids is 1. The number of nitrogens with one attached hydrogen (secondary N) is 1. The van der Waals surface area contributed by atoms with Crippen molar-refractivity contribution in [1.82, 2.24) is 4.90 Å². The van der Waals surface area contributed by atoms with Crippen molar-refractivity contribution < 1.29 is 4.79 Å². The summed E-state index contributed by atoms with van der Waals surface area (Å²) in [5.41, 5.74) is 3.41. The van der Waals surface area contributed by atoms with Gasteiger partial charge >= 0.3 is 0 Å². The molecule has 0 fully saturated rings. The number of aryl methyl sites for hydroxylation is 1. The van der Waals surface area contributed by atoms with Crippen molar-refractivity contribution in [3.63, 3.8) is 0 Å². The second kappa shape index (κ2) is 6.00. The Morgan fingerprint density at radius 3 is 3.10 bits per heavy atom. The van der Waals surface area contributed by atoms with Gasteiger partial charge in [0.15, 0.2) is 0 Å². The Morgan fingerprint density at radius 1 is 1.43 bits per heavy atom. The number of benzene rings is 1. The zero-order valence-corrected chi connectivity index (χ0v) is 13.2. The van der Waals surface area contributed by atoms with E-state index < -0.39 is 0 Å². The van der Waals surface area contributed by atoms with Gasteiger partial charge in [-0.25, -0.2) is 0 Å². The third-order valence-corrected chi connectivity index (χ3v) is 5.05. The Balaban J connectivity index is 1.63. The Hall–Kier alpha value is -1.65. The number of fused-ring (bicyclic) bond motifs is 1. The third-order valence-electron chi connectivity index (χ3n) is 4.05. The smallest absolute Gasteiger partial charge is 0.238 e. The summed E-state index contributed by atoms with van der Waals surface area (Å²) in [7, 11) is 0. The summed E-state index contributed by atoms with van der Waals surface area (Å²) in [6.45, 7) is 5.62. The lowest BCUT2D eigenvalue weighted by Gasteiger charge is -2.32. The first-order chi connectivity index (χ1) is 10.1. The van der Waals surface area contributed by atoms with Crippen LogP contribution in [0.1, 0.15) is 29.0 Å². The summed E-state index contributed by atoms with van der Waals surface area (Å²) in [6.07, 6.45) is 1.05. The van der Waals surface area contributed by atoms with Gasteiger partial charge in [-0.3, -0.25) is 9.69 Å². The van der Waals surface area contributed by atoms with Crippen LogP contribution < -0.4 is 5.32 Å². The van der Waals surface area contributed by atoms with Crippen LogP contribution in [0.4, 0.5) is 5.69 Å². The van der Waals surface area contributed by atoms with Gasteiger partial charge in [0, 0.05) is 23.2 Å². The fourth-order valence-electron chi connectivity index (χ4n) is 2.89. The van der Waals surface area contributed by atoms with Crippen LogP contribution >= 0.6 is 11.3 Å². The monoisotopic (exact) mass is 300 g/mol. The van der Waals surface area contributed by atoms with Crippen molar-refractivity contribution in [3.05, 3.63) is 51.7 Å². The molecule has 0 bridgehead atoms. The van der Waals surface area contributed by atoms with Crippen molar-refractivity contribution in [3.8, 4) is 0 Å². The van der Waals surface area contributed by atoms with Crippen molar-refractivity contribution in [2.24, 2.45) is 0 Å². The van der Waals surface area contributed by atoms with Crippen LogP contribution in [-0.4, -0.2) is 23.9 Å². The minimum Gasteiger partial charge on any atom is -0.325 e. The van der Waals surface area contributed by atoms with E-state index in [1.807, 2.05) is 42.5 Å². The van der Waals surface area contributed by atoms with Crippen LogP contribution in [0.25, 0.3) is 0 Å². The maximum atomic E-state index is 12.2. The lowest BCUT2D eigenvalue weighted by atomic mass is 10.0. The van der Waals surface area contributed by atoms with Crippen molar-refractivity contribution >= 4 is 22.9 Å². The van der Waals surface area contributed by atoms with Gasteiger partial charge < -0.3 is 5.32 Å². The standard InChI is InChI=1S/C17H20N2OS/c1-12-4-3-5-14(10-12)18-17(20)11-19-8-6-16-15(13(19)2)7-9-21-16/h3-5,7,9-10,13H,6,8,11H2,1-2H3,(H,18,20)/t13-/m0/s1. The second-order valence-corrected chi connectivity index (χ2v) is 6.61. The van der Waals surface area contributed by atoms with Crippen LogP contribution in [0.3, 0.4) is 0 Å². The van der Waals surface area contributed by atoms with E-state index in [-0.39, 0.29) is 5.91 Å². The highest BCUT2D eigenvalue weighted by atomic mass is 32.1. The molecule has 0 saturated carbocycles. The molecule has 2 aromatic rings. The highest BCUT2D eigenvalue weighted by Gasteiger charge is 2.25. The fourth-order valence-corrected chi connectivity index (χ4v) is 3.85. The maximum Gasteiger partial charge on any atom is 0.238 e. The topological polar surface area (TPSA) is 32.3 Å². The van der Waals surface area contributed by atoms with Gasteiger partial charge in [-0.1, -0.05) is 12.1 Å². The first kappa shape index (κ1) is 14.3. The Morgan fingerprint density at radius 2 is 2.29 bits per heavy atom. The molecule has 4 heteroatoms. The van der Waals surface area contributed by atoms with Crippen LogP contribution in [0, 0.1) is 6.92 Å². The first-order valence-corrected chi connectivity index (χ1v) is 8.18. The third kappa shape index (κ3) is 3.17. The van der Waals surface area contributed by atoms with E-state index in [0.29, 0.717) is 12.6 Å².